The van der Waals surface area contributed by atoms with Crippen LogP contribution in [-0.4, -0.2) is 9.13 Å². The molecule has 65 heavy (non-hydrogen) atoms. The molecule has 4 nitrogen and oxygen atoms in total. The minimum absolute atomic E-state index is 0.913. The molecule has 15 rings (SSSR count). The zero-order chi connectivity index (χ0) is 42.3. The number of benzene rings is 10. The Morgan fingerprint density at radius 3 is 1.15 bits per heavy atom. The summed E-state index contributed by atoms with van der Waals surface area (Å²) in [5, 5.41) is 12.2. The maximum atomic E-state index is 6.43. The predicted molar refractivity (Wildman–Crippen MR) is 273 cm³/mol. The predicted octanol–water partition coefficient (Wildman–Crippen LogP) is 17.4. The number of nitrogens with zero attached hydrogens (tertiary/aromatic N) is 2. The van der Waals surface area contributed by atoms with Crippen LogP contribution < -0.4 is 0 Å². The molecule has 0 unspecified atom stereocenters. The van der Waals surface area contributed by atoms with Crippen molar-refractivity contribution in [3.05, 3.63) is 206 Å². The van der Waals surface area contributed by atoms with E-state index in [1.54, 1.807) is 0 Å². The summed E-state index contributed by atoms with van der Waals surface area (Å²) in [7, 11) is 0. The third kappa shape index (κ3) is 4.85. The Morgan fingerprint density at radius 2 is 0.692 bits per heavy atom. The summed E-state index contributed by atoms with van der Waals surface area (Å²) in [6.45, 7) is 0. The fourth-order valence-corrected chi connectivity index (χ4v) is 12.3. The molecule has 15 aromatic rings. The Hall–Kier alpha value is -8.38. The van der Waals surface area contributed by atoms with Crippen molar-refractivity contribution in [3.8, 4) is 33.6 Å². The number of rotatable bonds is 4. The van der Waals surface area contributed by atoms with Gasteiger partial charge in [-0.2, -0.15) is 0 Å². The molecular weight excluding hydrogens is 813 g/mol. The van der Waals surface area contributed by atoms with E-state index in [0.29, 0.717) is 0 Å². The van der Waals surface area contributed by atoms with Gasteiger partial charge in [-0.1, -0.05) is 146 Å². The van der Waals surface area contributed by atoms with Crippen LogP contribution in [-0.2, 0) is 0 Å². The minimum Gasteiger partial charge on any atom is -0.455 e. The van der Waals surface area contributed by atoms with Crippen LogP contribution in [0.25, 0.3) is 141 Å². The average Bonchev–Trinajstić information content (AvgIpc) is 4.18. The smallest absolute Gasteiger partial charge is 0.143 e. The fraction of sp³-hybridized carbons (Fsp3) is 0. The van der Waals surface area contributed by atoms with Gasteiger partial charge in [0.2, 0.25) is 0 Å². The number of fused-ring (bicyclic) bond motifs is 17. The Balaban J connectivity index is 0.884. The molecule has 5 heterocycles. The van der Waals surface area contributed by atoms with Crippen molar-refractivity contribution in [1.29, 1.82) is 0 Å². The molecule has 0 bridgehead atoms. The average molecular weight is 847 g/mol. The molecule has 5 heteroatoms. The molecule has 302 valence electrons. The quantitative estimate of drug-likeness (QED) is 0.177. The first-order chi connectivity index (χ1) is 32.2. The van der Waals surface area contributed by atoms with Crippen LogP contribution in [0.2, 0.25) is 0 Å². The number of hydrogen-bond donors (Lipinski definition) is 0. The van der Waals surface area contributed by atoms with Gasteiger partial charge >= 0.3 is 0 Å². The van der Waals surface area contributed by atoms with E-state index in [1.165, 1.54) is 63.8 Å². The van der Waals surface area contributed by atoms with Crippen LogP contribution in [0, 0.1) is 0 Å². The highest BCUT2D eigenvalue weighted by molar-refractivity contribution is 7.27. The van der Waals surface area contributed by atoms with Gasteiger partial charge < -0.3 is 18.0 Å². The van der Waals surface area contributed by atoms with Gasteiger partial charge in [-0.05, 0) is 71.8 Å². The second-order valence-electron chi connectivity index (χ2n) is 17.1. The van der Waals surface area contributed by atoms with Crippen LogP contribution in [0.1, 0.15) is 0 Å². The van der Waals surface area contributed by atoms with Crippen molar-refractivity contribution in [2.75, 3.05) is 0 Å². The highest BCUT2D eigenvalue weighted by Gasteiger charge is 2.22. The Bertz CT molecular complexity index is 4180. The van der Waals surface area contributed by atoms with Crippen LogP contribution in [0.4, 0.5) is 0 Å². The molecule has 0 radical (unpaired) electrons. The number of hydrogen-bond acceptors (Lipinski definition) is 3. The summed E-state index contributed by atoms with van der Waals surface area (Å²) < 4.78 is 20.3. The van der Waals surface area contributed by atoms with Gasteiger partial charge in [-0.3, -0.25) is 0 Å². The Morgan fingerprint density at radius 1 is 0.292 bits per heavy atom. The Kier molecular flexibility index (Phi) is 7.07. The molecule has 10 aromatic carbocycles. The third-order valence-electron chi connectivity index (χ3n) is 13.8. The van der Waals surface area contributed by atoms with Crippen molar-refractivity contribution >= 4 is 119 Å². The molecule has 0 atom stereocenters. The molecule has 0 N–H and O–H groups in total. The van der Waals surface area contributed by atoms with Gasteiger partial charge in [0.15, 0.2) is 0 Å². The summed E-state index contributed by atoms with van der Waals surface area (Å²) in [5.74, 6) is 0. The second-order valence-corrected chi connectivity index (χ2v) is 18.2. The van der Waals surface area contributed by atoms with E-state index in [9.17, 15) is 0 Å². The molecule has 0 amide bonds. The molecule has 0 spiro atoms. The van der Waals surface area contributed by atoms with E-state index >= 15 is 0 Å². The summed E-state index contributed by atoms with van der Waals surface area (Å²) in [6.07, 6.45) is 0. The zero-order valence-electron chi connectivity index (χ0n) is 34.7. The van der Waals surface area contributed by atoms with Gasteiger partial charge in [0.1, 0.15) is 22.3 Å². The van der Waals surface area contributed by atoms with Crippen LogP contribution >= 0.6 is 11.3 Å². The van der Waals surface area contributed by atoms with E-state index < -0.39 is 0 Å². The highest BCUT2D eigenvalue weighted by atomic mass is 32.1. The van der Waals surface area contributed by atoms with E-state index in [-0.39, 0.29) is 0 Å². The molecule has 0 saturated heterocycles. The van der Waals surface area contributed by atoms with Crippen molar-refractivity contribution in [2.24, 2.45) is 0 Å². The van der Waals surface area contributed by atoms with E-state index in [2.05, 4.69) is 191 Å². The first-order valence-electron chi connectivity index (χ1n) is 22.1. The molecule has 0 saturated carbocycles. The van der Waals surface area contributed by atoms with Crippen molar-refractivity contribution in [2.45, 2.75) is 0 Å². The summed E-state index contributed by atoms with van der Waals surface area (Å²) >= 11 is 1.92. The summed E-state index contributed by atoms with van der Waals surface area (Å²) in [6, 6.07) is 74.5. The van der Waals surface area contributed by atoms with Gasteiger partial charge in [-0.25, -0.2) is 0 Å². The molecule has 0 aliphatic heterocycles. The van der Waals surface area contributed by atoms with Gasteiger partial charge in [0, 0.05) is 85.8 Å². The van der Waals surface area contributed by atoms with Crippen molar-refractivity contribution < 1.29 is 8.83 Å². The standard InChI is InChI=1S/C60H34N2O2S/c1-5-19-49-47(13-1)55-51(61(49)37-27-23-35(24-28-37)39-15-9-17-43-41-11-3-7-21-53(41)63-57(39)43)33-31-45-46-32-34-52-56(60(46)65-59(45)55)48-14-2-6-20-50(48)62(52)38-29-25-36(26-30-38)40-16-10-18-44-42-12-4-8-22-54(42)64-58(40)44/h1-34H. The molecule has 0 aliphatic carbocycles. The molecule has 0 fully saturated rings. The van der Waals surface area contributed by atoms with E-state index in [4.69, 9.17) is 8.83 Å². The SMILES string of the molecule is c1ccc2c(c1)oc1c(-c3ccc(-n4c5ccccc5c5c6sc7c(ccc8c7c7ccccc7n8-c7ccc(-c8cccc9c8oc8ccccc89)cc7)c6ccc54)cc3)cccc12. The highest BCUT2D eigenvalue weighted by Crippen LogP contribution is 2.48. The van der Waals surface area contributed by atoms with Crippen LogP contribution in [0.15, 0.2) is 215 Å². The molecular formula is C60H34N2O2S. The van der Waals surface area contributed by atoms with Gasteiger partial charge in [0.25, 0.3) is 0 Å². The van der Waals surface area contributed by atoms with Gasteiger partial charge in [-0.15, -0.1) is 11.3 Å². The minimum atomic E-state index is 0.913. The summed E-state index contributed by atoms with van der Waals surface area (Å²) in [5.41, 5.74) is 15.2. The molecule has 5 aromatic heterocycles. The monoisotopic (exact) mass is 846 g/mol. The lowest BCUT2D eigenvalue weighted by molar-refractivity contribution is 0.669. The summed E-state index contributed by atoms with van der Waals surface area (Å²) in [4.78, 5) is 0. The van der Waals surface area contributed by atoms with Crippen molar-refractivity contribution in [1.82, 2.24) is 9.13 Å². The largest absolute Gasteiger partial charge is 0.455 e. The fourth-order valence-electron chi connectivity index (χ4n) is 10.9. The lowest BCUT2D eigenvalue weighted by atomic mass is 10.0. The zero-order valence-corrected chi connectivity index (χ0v) is 35.6. The third-order valence-corrected chi connectivity index (χ3v) is 15.0. The second kappa shape index (κ2) is 13.1. The van der Waals surface area contributed by atoms with Crippen LogP contribution in [0.3, 0.4) is 0 Å². The number of furan rings is 2. The lowest BCUT2D eigenvalue weighted by Gasteiger charge is -2.10. The maximum absolute atomic E-state index is 6.43. The van der Waals surface area contributed by atoms with E-state index in [0.717, 1.165) is 77.5 Å². The maximum Gasteiger partial charge on any atom is 0.143 e. The first kappa shape index (κ1) is 35.1. The molecule has 0 aliphatic rings. The lowest BCUT2D eigenvalue weighted by Crippen LogP contribution is -1.93. The van der Waals surface area contributed by atoms with Gasteiger partial charge in [0.05, 0.1) is 22.1 Å². The topological polar surface area (TPSA) is 36.1 Å². The normalized spacial score (nSPS) is 12.3. The van der Waals surface area contributed by atoms with Crippen LogP contribution in [0.5, 0.6) is 0 Å². The Labute approximate surface area is 375 Å². The number of para-hydroxylation sites is 6. The number of aromatic nitrogens is 2. The first-order valence-corrected chi connectivity index (χ1v) is 22.9. The number of thiophene rings is 1. The van der Waals surface area contributed by atoms with E-state index in [1.807, 2.05) is 35.6 Å². The van der Waals surface area contributed by atoms with Crippen molar-refractivity contribution in [3.63, 3.8) is 0 Å².